The molecule has 1 saturated heterocycles. The maximum absolute atomic E-state index is 12.4. The van der Waals surface area contributed by atoms with Crippen LogP contribution in [0.15, 0.2) is 53.2 Å². The van der Waals surface area contributed by atoms with Crippen molar-refractivity contribution < 1.29 is 14.0 Å². The Kier molecular flexibility index (Phi) is 5.01. The molecule has 1 aromatic heterocycles. The topological polar surface area (TPSA) is 53.8 Å². The first kappa shape index (κ1) is 16.3. The van der Waals surface area contributed by atoms with Gasteiger partial charge in [0.1, 0.15) is 5.76 Å². The number of amides is 2. The minimum Gasteiger partial charge on any atom is -0.465 e. The van der Waals surface area contributed by atoms with E-state index in [9.17, 15) is 9.59 Å². The standard InChI is InChI=1S/C18H17ClN2O3/c19-15-5-3-14(4-6-15)18(23)21-11-9-20(10-12-21)17(22)8-7-16-2-1-13-24-16/h1-8,13H,9-12H2/b8-7+. The molecule has 0 radical (unpaired) electrons. The molecule has 24 heavy (non-hydrogen) atoms. The first-order valence-electron chi connectivity index (χ1n) is 7.69. The van der Waals surface area contributed by atoms with Crippen LogP contribution in [-0.4, -0.2) is 47.8 Å². The summed E-state index contributed by atoms with van der Waals surface area (Å²) in [5, 5.41) is 0.602. The van der Waals surface area contributed by atoms with Crippen molar-refractivity contribution in [3.05, 3.63) is 65.1 Å². The highest BCUT2D eigenvalue weighted by Crippen LogP contribution is 2.13. The number of carbonyl (C=O) groups is 2. The molecular formula is C18H17ClN2O3. The van der Waals surface area contributed by atoms with Gasteiger partial charge >= 0.3 is 0 Å². The number of piperazine rings is 1. The quantitative estimate of drug-likeness (QED) is 0.804. The highest BCUT2D eigenvalue weighted by atomic mass is 35.5. The molecule has 2 heterocycles. The molecule has 2 aromatic rings. The van der Waals surface area contributed by atoms with Gasteiger partial charge in [0, 0.05) is 42.8 Å². The van der Waals surface area contributed by atoms with Crippen LogP contribution in [0.1, 0.15) is 16.1 Å². The molecule has 0 spiro atoms. The molecule has 3 rings (SSSR count). The second-order valence-electron chi connectivity index (χ2n) is 5.47. The number of halogens is 1. The van der Waals surface area contributed by atoms with Crippen molar-refractivity contribution in [1.29, 1.82) is 0 Å². The van der Waals surface area contributed by atoms with E-state index in [-0.39, 0.29) is 11.8 Å². The van der Waals surface area contributed by atoms with Crippen molar-refractivity contribution in [2.45, 2.75) is 0 Å². The molecule has 5 nitrogen and oxygen atoms in total. The smallest absolute Gasteiger partial charge is 0.253 e. The van der Waals surface area contributed by atoms with Crippen molar-refractivity contribution in [3.63, 3.8) is 0 Å². The van der Waals surface area contributed by atoms with E-state index >= 15 is 0 Å². The first-order chi connectivity index (χ1) is 11.6. The lowest BCUT2D eigenvalue weighted by Crippen LogP contribution is -2.50. The van der Waals surface area contributed by atoms with Gasteiger partial charge in [-0.25, -0.2) is 0 Å². The molecule has 2 amide bonds. The summed E-state index contributed by atoms with van der Waals surface area (Å²) < 4.78 is 5.16. The molecule has 1 aromatic carbocycles. The van der Waals surface area contributed by atoms with Gasteiger partial charge in [-0.1, -0.05) is 11.6 Å². The predicted octanol–water partition coefficient (Wildman–Crippen LogP) is 2.93. The Morgan fingerprint density at radius 1 is 1.00 bits per heavy atom. The average Bonchev–Trinajstić information content (AvgIpc) is 3.13. The van der Waals surface area contributed by atoms with E-state index < -0.39 is 0 Å². The Labute approximate surface area is 145 Å². The van der Waals surface area contributed by atoms with E-state index in [2.05, 4.69) is 0 Å². The van der Waals surface area contributed by atoms with Crippen LogP contribution < -0.4 is 0 Å². The van der Waals surface area contributed by atoms with Gasteiger partial charge in [0.25, 0.3) is 5.91 Å². The summed E-state index contributed by atoms with van der Waals surface area (Å²) in [4.78, 5) is 28.1. The molecule has 0 aliphatic carbocycles. The highest BCUT2D eigenvalue weighted by molar-refractivity contribution is 6.30. The third-order valence-electron chi connectivity index (χ3n) is 3.90. The third-order valence-corrected chi connectivity index (χ3v) is 4.16. The summed E-state index contributed by atoms with van der Waals surface area (Å²) in [6.07, 6.45) is 4.70. The second-order valence-corrected chi connectivity index (χ2v) is 5.91. The van der Waals surface area contributed by atoms with Gasteiger partial charge in [-0.15, -0.1) is 0 Å². The third kappa shape index (κ3) is 3.86. The number of furan rings is 1. The molecule has 0 N–H and O–H groups in total. The van der Waals surface area contributed by atoms with Gasteiger partial charge < -0.3 is 14.2 Å². The zero-order valence-electron chi connectivity index (χ0n) is 13.0. The molecule has 1 fully saturated rings. The van der Waals surface area contributed by atoms with Gasteiger partial charge in [0.2, 0.25) is 5.91 Å². The van der Waals surface area contributed by atoms with Gasteiger partial charge in [0.15, 0.2) is 0 Å². The summed E-state index contributed by atoms with van der Waals surface area (Å²) in [6, 6.07) is 10.4. The number of carbonyl (C=O) groups excluding carboxylic acids is 2. The lowest BCUT2D eigenvalue weighted by molar-refractivity contribution is -0.127. The maximum Gasteiger partial charge on any atom is 0.253 e. The van der Waals surface area contributed by atoms with Gasteiger partial charge in [-0.2, -0.15) is 0 Å². The summed E-state index contributed by atoms with van der Waals surface area (Å²) in [6.45, 7) is 2.06. The Morgan fingerprint density at radius 2 is 1.67 bits per heavy atom. The average molecular weight is 345 g/mol. The second kappa shape index (κ2) is 7.36. The van der Waals surface area contributed by atoms with Gasteiger partial charge in [-0.3, -0.25) is 9.59 Å². The molecular weight excluding hydrogens is 328 g/mol. The van der Waals surface area contributed by atoms with Gasteiger partial charge in [-0.05, 0) is 42.5 Å². The summed E-state index contributed by atoms with van der Waals surface area (Å²) in [5.41, 5.74) is 0.608. The Balaban J connectivity index is 1.54. The molecule has 1 aliphatic heterocycles. The Morgan fingerprint density at radius 3 is 2.29 bits per heavy atom. The maximum atomic E-state index is 12.4. The lowest BCUT2D eigenvalue weighted by atomic mass is 10.2. The predicted molar refractivity (Wildman–Crippen MR) is 91.7 cm³/mol. The number of hydrogen-bond donors (Lipinski definition) is 0. The Bertz CT molecular complexity index is 730. The molecule has 6 heteroatoms. The summed E-state index contributed by atoms with van der Waals surface area (Å²) in [7, 11) is 0. The van der Waals surface area contributed by atoms with Crippen molar-refractivity contribution in [1.82, 2.24) is 9.80 Å². The number of hydrogen-bond acceptors (Lipinski definition) is 3. The van der Waals surface area contributed by atoms with Crippen LogP contribution in [-0.2, 0) is 4.79 Å². The van der Waals surface area contributed by atoms with Crippen LogP contribution >= 0.6 is 11.6 Å². The first-order valence-corrected chi connectivity index (χ1v) is 8.06. The van der Waals surface area contributed by atoms with Crippen molar-refractivity contribution >= 4 is 29.5 Å². The van der Waals surface area contributed by atoms with Gasteiger partial charge in [0.05, 0.1) is 6.26 Å². The van der Waals surface area contributed by atoms with Crippen LogP contribution in [0.2, 0.25) is 5.02 Å². The van der Waals surface area contributed by atoms with Crippen LogP contribution in [0.3, 0.4) is 0 Å². The monoisotopic (exact) mass is 344 g/mol. The molecule has 0 bridgehead atoms. The molecule has 0 saturated carbocycles. The van der Waals surface area contributed by atoms with Crippen LogP contribution in [0.25, 0.3) is 6.08 Å². The molecule has 124 valence electrons. The number of rotatable bonds is 3. The van der Waals surface area contributed by atoms with E-state index in [1.807, 2.05) is 0 Å². The number of nitrogens with zero attached hydrogens (tertiary/aromatic N) is 2. The van der Waals surface area contributed by atoms with E-state index in [1.54, 1.807) is 58.5 Å². The zero-order valence-corrected chi connectivity index (χ0v) is 13.8. The normalized spacial score (nSPS) is 15.0. The number of benzene rings is 1. The van der Waals surface area contributed by atoms with Crippen LogP contribution in [0.5, 0.6) is 0 Å². The molecule has 0 atom stereocenters. The highest BCUT2D eigenvalue weighted by Gasteiger charge is 2.23. The Hall–Kier alpha value is -2.53. The van der Waals surface area contributed by atoms with Crippen molar-refractivity contribution in [2.75, 3.05) is 26.2 Å². The lowest BCUT2D eigenvalue weighted by Gasteiger charge is -2.34. The van der Waals surface area contributed by atoms with E-state index in [4.69, 9.17) is 16.0 Å². The summed E-state index contributed by atoms with van der Waals surface area (Å²) >= 11 is 5.84. The van der Waals surface area contributed by atoms with E-state index in [1.165, 1.54) is 6.08 Å². The SMILES string of the molecule is O=C(/C=C/c1ccco1)N1CCN(C(=O)c2ccc(Cl)cc2)CC1. The largest absolute Gasteiger partial charge is 0.465 e. The van der Waals surface area contributed by atoms with E-state index in [0.717, 1.165) is 0 Å². The minimum absolute atomic E-state index is 0.0371. The zero-order chi connectivity index (χ0) is 16.9. The van der Waals surface area contributed by atoms with E-state index in [0.29, 0.717) is 42.5 Å². The van der Waals surface area contributed by atoms with Crippen LogP contribution in [0, 0.1) is 0 Å². The fraction of sp³-hybridized carbons (Fsp3) is 0.222. The van der Waals surface area contributed by atoms with Crippen molar-refractivity contribution in [2.24, 2.45) is 0 Å². The fourth-order valence-electron chi connectivity index (χ4n) is 2.55. The summed E-state index contributed by atoms with van der Waals surface area (Å²) in [5.74, 6) is 0.523. The van der Waals surface area contributed by atoms with Crippen molar-refractivity contribution in [3.8, 4) is 0 Å². The van der Waals surface area contributed by atoms with Crippen LogP contribution in [0.4, 0.5) is 0 Å². The fourth-order valence-corrected chi connectivity index (χ4v) is 2.68. The molecule has 1 aliphatic rings. The minimum atomic E-state index is -0.0787. The molecule has 0 unspecified atom stereocenters.